The van der Waals surface area contributed by atoms with Crippen molar-refractivity contribution in [1.29, 1.82) is 0 Å². The van der Waals surface area contributed by atoms with E-state index in [0.29, 0.717) is 6.10 Å². The minimum Gasteiger partial charge on any atom is -0.377 e. The van der Waals surface area contributed by atoms with Crippen LogP contribution < -0.4 is 5.32 Å². The van der Waals surface area contributed by atoms with E-state index in [1.807, 2.05) is 0 Å². The Balaban J connectivity index is 3.66. The zero-order valence-corrected chi connectivity index (χ0v) is 12.5. The van der Waals surface area contributed by atoms with Gasteiger partial charge in [0.2, 0.25) is 0 Å². The average Bonchev–Trinajstić information content (AvgIpc) is 2.13. The van der Waals surface area contributed by atoms with Crippen LogP contribution >= 0.6 is 0 Å². The second kappa shape index (κ2) is 7.85. The highest BCUT2D eigenvalue weighted by atomic mass is 16.5. The molecule has 0 aliphatic rings. The van der Waals surface area contributed by atoms with E-state index in [1.165, 1.54) is 5.57 Å². The Kier molecular flexibility index (Phi) is 7.68. The van der Waals surface area contributed by atoms with Crippen molar-refractivity contribution in [2.45, 2.75) is 46.3 Å². The van der Waals surface area contributed by atoms with Crippen molar-refractivity contribution in [3.63, 3.8) is 0 Å². The van der Waals surface area contributed by atoms with Crippen LogP contribution in [-0.4, -0.2) is 49.8 Å². The van der Waals surface area contributed by atoms with E-state index in [2.05, 4.69) is 58.5 Å². The van der Waals surface area contributed by atoms with Gasteiger partial charge >= 0.3 is 0 Å². The molecule has 0 aliphatic heterocycles. The molecule has 0 aliphatic carbocycles. The van der Waals surface area contributed by atoms with Crippen LogP contribution in [0.5, 0.6) is 0 Å². The molecule has 0 aromatic carbocycles. The predicted molar refractivity (Wildman–Crippen MR) is 75.5 cm³/mol. The van der Waals surface area contributed by atoms with Gasteiger partial charge in [-0.1, -0.05) is 6.58 Å². The minimum absolute atomic E-state index is 0.155. The molecule has 0 amide bonds. The topological polar surface area (TPSA) is 24.5 Å². The van der Waals surface area contributed by atoms with Gasteiger partial charge in [-0.3, -0.25) is 0 Å². The van der Waals surface area contributed by atoms with E-state index in [4.69, 9.17) is 4.74 Å². The molecule has 0 saturated heterocycles. The predicted octanol–water partition coefficient (Wildman–Crippen LogP) is 2.29. The molecule has 17 heavy (non-hydrogen) atoms. The Morgan fingerprint density at radius 3 is 2.41 bits per heavy atom. The summed E-state index contributed by atoms with van der Waals surface area (Å²) in [6.07, 6.45) is 0.314. The fourth-order valence-corrected chi connectivity index (χ4v) is 1.35. The molecule has 0 atom stereocenters. The largest absolute Gasteiger partial charge is 0.377 e. The third kappa shape index (κ3) is 11.9. The number of likely N-dealkylation sites (N-methyl/N-ethyl adjacent to an activating group) is 1. The first kappa shape index (κ1) is 16.6. The summed E-state index contributed by atoms with van der Waals surface area (Å²) in [4.78, 5) is 2.25. The number of ether oxygens (including phenoxy) is 1. The van der Waals surface area contributed by atoms with Gasteiger partial charge in [-0.05, 0) is 47.2 Å². The Morgan fingerprint density at radius 2 is 1.94 bits per heavy atom. The van der Waals surface area contributed by atoms with E-state index in [0.717, 1.165) is 26.2 Å². The lowest BCUT2D eigenvalue weighted by Crippen LogP contribution is -2.38. The van der Waals surface area contributed by atoms with E-state index in [-0.39, 0.29) is 5.54 Å². The number of nitrogens with one attached hydrogen (secondary N) is 1. The molecule has 0 unspecified atom stereocenters. The zero-order chi connectivity index (χ0) is 13.5. The van der Waals surface area contributed by atoms with Crippen LogP contribution in [0.2, 0.25) is 0 Å². The number of nitrogens with zero attached hydrogens (tertiary/aromatic N) is 1. The van der Waals surface area contributed by atoms with Crippen molar-refractivity contribution in [2.24, 2.45) is 0 Å². The average molecular weight is 242 g/mol. The monoisotopic (exact) mass is 242 g/mol. The Labute approximate surface area is 107 Å². The smallest absolute Gasteiger partial charge is 0.0596 e. The van der Waals surface area contributed by atoms with Crippen molar-refractivity contribution in [1.82, 2.24) is 10.2 Å². The third-order valence-corrected chi connectivity index (χ3v) is 2.29. The summed E-state index contributed by atoms with van der Waals surface area (Å²) in [5, 5.41) is 3.44. The van der Waals surface area contributed by atoms with Crippen molar-refractivity contribution >= 4 is 0 Å². The Morgan fingerprint density at radius 1 is 1.35 bits per heavy atom. The van der Waals surface area contributed by atoms with Gasteiger partial charge in [0.25, 0.3) is 0 Å². The normalized spacial score (nSPS) is 12.5. The van der Waals surface area contributed by atoms with Crippen LogP contribution in [0.3, 0.4) is 0 Å². The summed E-state index contributed by atoms with van der Waals surface area (Å²) in [5.74, 6) is 0. The molecule has 0 heterocycles. The van der Waals surface area contributed by atoms with Crippen molar-refractivity contribution in [3.8, 4) is 0 Å². The molecule has 0 saturated carbocycles. The molecule has 0 rings (SSSR count). The lowest BCUT2D eigenvalue weighted by Gasteiger charge is -2.24. The van der Waals surface area contributed by atoms with Crippen LogP contribution in [0.15, 0.2) is 12.2 Å². The molecule has 102 valence electrons. The van der Waals surface area contributed by atoms with Crippen LogP contribution in [0.4, 0.5) is 0 Å². The summed E-state index contributed by atoms with van der Waals surface area (Å²) >= 11 is 0. The van der Waals surface area contributed by atoms with Gasteiger partial charge in [0.05, 0.1) is 12.7 Å². The summed E-state index contributed by atoms with van der Waals surface area (Å²) < 4.78 is 5.52. The first-order valence-corrected chi connectivity index (χ1v) is 6.42. The highest BCUT2D eigenvalue weighted by Crippen LogP contribution is 2.01. The molecule has 1 N–H and O–H groups in total. The van der Waals surface area contributed by atoms with Crippen LogP contribution in [0.25, 0.3) is 0 Å². The molecular formula is C14H30N2O. The second-order valence-electron chi connectivity index (χ2n) is 6.01. The SMILES string of the molecule is C=C(CNC(C)(C)C)CN(C)CCOC(C)C. The van der Waals surface area contributed by atoms with Gasteiger partial charge in [0.1, 0.15) is 0 Å². The lowest BCUT2D eigenvalue weighted by atomic mass is 10.1. The fourth-order valence-electron chi connectivity index (χ4n) is 1.35. The van der Waals surface area contributed by atoms with Gasteiger partial charge in [-0.2, -0.15) is 0 Å². The van der Waals surface area contributed by atoms with Crippen LogP contribution in [0.1, 0.15) is 34.6 Å². The first-order chi connectivity index (χ1) is 7.70. The van der Waals surface area contributed by atoms with Crippen LogP contribution in [0, 0.1) is 0 Å². The quantitative estimate of drug-likeness (QED) is 0.661. The van der Waals surface area contributed by atoms with Crippen molar-refractivity contribution < 1.29 is 4.74 Å². The van der Waals surface area contributed by atoms with Gasteiger partial charge < -0.3 is 15.0 Å². The molecule has 0 spiro atoms. The molecule has 0 fully saturated rings. The number of rotatable bonds is 8. The minimum atomic E-state index is 0.155. The molecular weight excluding hydrogens is 212 g/mol. The van der Waals surface area contributed by atoms with E-state index in [9.17, 15) is 0 Å². The number of hydrogen-bond acceptors (Lipinski definition) is 3. The highest BCUT2D eigenvalue weighted by molar-refractivity contribution is 5.00. The molecule has 0 aromatic rings. The van der Waals surface area contributed by atoms with E-state index >= 15 is 0 Å². The van der Waals surface area contributed by atoms with Gasteiger partial charge in [0.15, 0.2) is 0 Å². The molecule has 0 bridgehead atoms. The van der Waals surface area contributed by atoms with E-state index < -0.39 is 0 Å². The highest BCUT2D eigenvalue weighted by Gasteiger charge is 2.09. The third-order valence-electron chi connectivity index (χ3n) is 2.29. The number of hydrogen-bond donors (Lipinski definition) is 1. The maximum atomic E-state index is 5.52. The molecule has 0 radical (unpaired) electrons. The summed E-state index contributed by atoms with van der Waals surface area (Å²) in [6, 6.07) is 0. The first-order valence-electron chi connectivity index (χ1n) is 6.42. The van der Waals surface area contributed by atoms with Crippen molar-refractivity contribution in [2.75, 3.05) is 33.3 Å². The van der Waals surface area contributed by atoms with Crippen molar-refractivity contribution in [3.05, 3.63) is 12.2 Å². The maximum Gasteiger partial charge on any atom is 0.0596 e. The van der Waals surface area contributed by atoms with E-state index in [1.54, 1.807) is 0 Å². The summed E-state index contributed by atoms with van der Waals surface area (Å²) in [6.45, 7) is 18.3. The van der Waals surface area contributed by atoms with Crippen LogP contribution in [-0.2, 0) is 4.74 Å². The van der Waals surface area contributed by atoms with Gasteiger partial charge in [-0.25, -0.2) is 0 Å². The second-order valence-corrected chi connectivity index (χ2v) is 6.01. The summed E-state index contributed by atoms with van der Waals surface area (Å²) in [5.41, 5.74) is 1.37. The zero-order valence-electron chi connectivity index (χ0n) is 12.5. The molecule has 3 heteroatoms. The maximum absolute atomic E-state index is 5.52. The standard InChI is InChI=1S/C14H30N2O/c1-12(2)17-9-8-16(7)11-13(3)10-15-14(4,5)6/h12,15H,3,8-11H2,1-2,4-7H3. The lowest BCUT2D eigenvalue weighted by molar-refractivity contribution is 0.0652. The van der Waals surface area contributed by atoms with Gasteiger partial charge in [0, 0.05) is 25.2 Å². The fraction of sp³-hybridized carbons (Fsp3) is 0.857. The Hall–Kier alpha value is -0.380. The Bertz CT molecular complexity index is 219. The summed E-state index contributed by atoms with van der Waals surface area (Å²) in [7, 11) is 2.10. The molecule has 0 aromatic heterocycles. The van der Waals surface area contributed by atoms with Gasteiger partial charge in [-0.15, -0.1) is 0 Å². The molecule has 3 nitrogen and oxygen atoms in total.